The molecule has 0 radical (unpaired) electrons. The van der Waals surface area contributed by atoms with Crippen LogP contribution >= 0.6 is 0 Å². The van der Waals surface area contributed by atoms with E-state index >= 15 is 0 Å². The number of hydrogen-bond donors (Lipinski definition) is 2. The summed E-state index contributed by atoms with van der Waals surface area (Å²) < 4.78 is 30.2. The first-order valence-corrected chi connectivity index (χ1v) is 4.76. The van der Waals surface area contributed by atoms with Crippen molar-refractivity contribution in [3.63, 3.8) is 0 Å². The molecule has 0 aliphatic carbocycles. The second kappa shape index (κ2) is 5.53. The first-order chi connectivity index (χ1) is 7.99. The topological polar surface area (TPSA) is 85.4 Å². The second-order valence-corrected chi connectivity index (χ2v) is 3.26. The van der Waals surface area contributed by atoms with E-state index in [4.69, 9.17) is 15.6 Å². The van der Waals surface area contributed by atoms with Crippen LogP contribution in [0.25, 0.3) is 0 Å². The largest absolute Gasteiger partial charge is 0.495 e. The van der Waals surface area contributed by atoms with Crippen molar-refractivity contribution in [3.8, 4) is 5.75 Å². The molecule has 1 heterocycles. The summed E-state index contributed by atoms with van der Waals surface area (Å²) in [5.41, 5.74) is 4.93. The molecule has 1 rings (SSSR count). The van der Waals surface area contributed by atoms with Gasteiger partial charge in [-0.15, -0.1) is 0 Å². The van der Waals surface area contributed by atoms with E-state index in [0.29, 0.717) is 0 Å². The van der Waals surface area contributed by atoms with Crippen molar-refractivity contribution in [1.29, 1.82) is 0 Å². The van der Waals surface area contributed by atoms with Gasteiger partial charge in [0.15, 0.2) is 0 Å². The summed E-state index contributed by atoms with van der Waals surface area (Å²) >= 11 is 0. The van der Waals surface area contributed by atoms with Gasteiger partial charge in [0, 0.05) is 6.54 Å². The Balaban J connectivity index is 3.28. The SMILES string of the molecule is COc1cc(CN)c(C(F)F)nc1CC(=O)O. The Bertz CT molecular complexity index is 424. The quantitative estimate of drug-likeness (QED) is 0.812. The van der Waals surface area contributed by atoms with Crippen LogP contribution in [0.1, 0.15) is 23.4 Å². The normalized spacial score (nSPS) is 10.6. The number of ether oxygens (including phenoxy) is 1. The van der Waals surface area contributed by atoms with E-state index in [2.05, 4.69) is 4.98 Å². The van der Waals surface area contributed by atoms with Crippen molar-refractivity contribution in [1.82, 2.24) is 4.98 Å². The standard InChI is InChI=1S/C10H12F2N2O3/c1-17-7-2-5(4-13)9(10(11)12)14-6(7)3-8(15)16/h2,10H,3-4,13H2,1H3,(H,15,16). The number of aromatic nitrogens is 1. The van der Waals surface area contributed by atoms with Gasteiger partial charge in [0.2, 0.25) is 0 Å². The monoisotopic (exact) mass is 246 g/mol. The zero-order chi connectivity index (χ0) is 13.0. The Morgan fingerprint density at radius 2 is 2.29 bits per heavy atom. The van der Waals surface area contributed by atoms with Crippen molar-refractivity contribution in [3.05, 3.63) is 23.0 Å². The molecular formula is C10H12F2N2O3. The zero-order valence-corrected chi connectivity index (χ0v) is 9.11. The molecule has 0 aliphatic heterocycles. The van der Waals surface area contributed by atoms with Gasteiger partial charge in [-0.1, -0.05) is 0 Å². The van der Waals surface area contributed by atoms with Crippen LogP contribution in [0.3, 0.4) is 0 Å². The highest BCUT2D eigenvalue weighted by Gasteiger charge is 2.19. The summed E-state index contributed by atoms with van der Waals surface area (Å²) in [7, 11) is 1.31. The molecule has 0 aromatic carbocycles. The number of methoxy groups -OCH3 is 1. The highest BCUT2D eigenvalue weighted by Crippen LogP contribution is 2.27. The van der Waals surface area contributed by atoms with Crippen LogP contribution in [-0.4, -0.2) is 23.2 Å². The fourth-order valence-electron chi connectivity index (χ4n) is 1.39. The molecule has 5 nitrogen and oxygen atoms in total. The second-order valence-electron chi connectivity index (χ2n) is 3.26. The minimum atomic E-state index is -2.80. The van der Waals surface area contributed by atoms with Crippen LogP contribution in [0, 0.1) is 0 Å². The van der Waals surface area contributed by atoms with Crippen molar-refractivity contribution in [2.24, 2.45) is 5.73 Å². The minimum absolute atomic E-state index is 0.0347. The van der Waals surface area contributed by atoms with Crippen LogP contribution in [0.5, 0.6) is 5.75 Å². The molecule has 3 N–H and O–H groups in total. The van der Waals surface area contributed by atoms with Crippen molar-refractivity contribution in [2.45, 2.75) is 19.4 Å². The van der Waals surface area contributed by atoms with Crippen molar-refractivity contribution < 1.29 is 23.4 Å². The molecule has 0 unspecified atom stereocenters. The maximum Gasteiger partial charge on any atom is 0.309 e. The van der Waals surface area contributed by atoms with Gasteiger partial charge in [-0.2, -0.15) is 0 Å². The number of halogens is 2. The van der Waals surface area contributed by atoms with Gasteiger partial charge in [-0.05, 0) is 11.6 Å². The third kappa shape index (κ3) is 3.10. The van der Waals surface area contributed by atoms with Crippen LogP contribution < -0.4 is 10.5 Å². The fraction of sp³-hybridized carbons (Fsp3) is 0.400. The number of hydrogen-bond acceptors (Lipinski definition) is 4. The molecule has 1 aromatic rings. The van der Waals surface area contributed by atoms with E-state index in [1.807, 2.05) is 0 Å². The molecule has 0 saturated heterocycles. The first kappa shape index (κ1) is 13.3. The van der Waals surface area contributed by atoms with Gasteiger partial charge in [-0.25, -0.2) is 13.8 Å². The molecule has 0 bridgehead atoms. The van der Waals surface area contributed by atoms with E-state index in [9.17, 15) is 13.6 Å². The lowest BCUT2D eigenvalue weighted by atomic mass is 10.1. The predicted molar refractivity (Wildman–Crippen MR) is 55.0 cm³/mol. The lowest BCUT2D eigenvalue weighted by Gasteiger charge is -2.12. The number of nitrogens with two attached hydrogens (primary N) is 1. The van der Waals surface area contributed by atoms with Gasteiger partial charge >= 0.3 is 5.97 Å². The number of pyridine rings is 1. The van der Waals surface area contributed by atoms with Gasteiger partial charge < -0.3 is 15.6 Å². The average Bonchev–Trinajstić information content (AvgIpc) is 2.27. The summed E-state index contributed by atoms with van der Waals surface area (Å²) in [6.07, 6.45) is -3.28. The lowest BCUT2D eigenvalue weighted by Crippen LogP contribution is -2.11. The highest BCUT2D eigenvalue weighted by molar-refractivity contribution is 5.70. The number of alkyl halides is 2. The summed E-state index contributed by atoms with van der Waals surface area (Å²) in [4.78, 5) is 14.2. The Hall–Kier alpha value is -1.76. The first-order valence-electron chi connectivity index (χ1n) is 4.76. The van der Waals surface area contributed by atoms with E-state index in [0.717, 1.165) is 0 Å². The van der Waals surface area contributed by atoms with E-state index in [1.165, 1.54) is 13.2 Å². The number of aliphatic carboxylic acids is 1. The van der Waals surface area contributed by atoms with Gasteiger partial charge in [0.25, 0.3) is 6.43 Å². The maximum absolute atomic E-state index is 12.7. The van der Waals surface area contributed by atoms with Crippen LogP contribution in [0.2, 0.25) is 0 Å². The molecule has 0 aliphatic rings. The Morgan fingerprint density at radius 1 is 1.65 bits per heavy atom. The van der Waals surface area contributed by atoms with Crippen molar-refractivity contribution in [2.75, 3.05) is 7.11 Å². The Kier molecular flexibility index (Phi) is 4.33. The summed E-state index contributed by atoms with van der Waals surface area (Å²) in [6.45, 7) is -0.115. The molecule has 0 amide bonds. The van der Waals surface area contributed by atoms with Crippen LogP contribution in [0.15, 0.2) is 6.07 Å². The number of nitrogens with zero attached hydrogens (tertiary/aromatic N) is 1. The Labute approximate surface area is 96.2 Å². The molecular weight excluding hydrogens is 234 g/mol. The number of carboxylic acids is 1. The summed E-state index contributed by atoms with van der Waals surface area (Å²) in [5, 5.41) is 8.64. The smallest absolute Gasteiger partial charge is 0.309 e. The molecule has 0 saturated carbocycles. The molecule has 17 heavy (non-hydrogen) atoms. The molecule has 0 spiro atoms. The molecule has 7 heteroatoms. The summed E-state index contributed by atoms with van der Waals surface area (Å²) in [5.74, 6) is -1.02. The fourth-order valence-corrected chi connectivity index (χ4v) is 1.39. The van der Waals surface area contributed by atoms with E-state index in [1.54, 1.807) is 0 Å². The summed E-state index contributed by atoms with van der Waals surface area (Å²) in [6, 6.07) is 1.30. The minimum Gasteiger partial charge on any atom is -0.495 e. The van der Waals surface area contributed by atoms with Gasteiger partial charge in [-0.3, -0.25) is 4.79 Å². The highest BCUT2D eigenvalue weighted by atomic mass is 19.3. The zero-order valence-electron chi connectivity index (χ0n) is 9.11. The Morgan fingerprint density at radius 3 is 2.71 bits per heavy atom. The number of carbonyl (C=O) groups is 1. The molecule has 94 valence electrons. The predicted octanol–water partition coefficient (Wildman–Crippen LogP) is 1.11. The number of carboxylic acid groups (broad SMARTS) is 1. The lowest BCUT2D eigenvalue weighted by molar-refractivity contribution is -0.136. The van der Waals surface area contributed by atoms with E-state index in [-0.39, 0.29) is 23.6 Å². The number of rotatable bonds is 5. The molecule has 0 fully saturated rings. The van der Waals surface area contributed by atoms with Crippen LogP contribution in [0.4, 0.5) is 8.78 Å². The van der Waals surface area contributed by atoms with Gasteiger partial charge in [0.1, 0.15) is 11.4 Å². The molecule has 1 aromatic heterocycles. The third-order valence-corrected chi connectivity index (χ3v) is 2.14. The van der Waals surface area contributed by atoms with Crippen LogP contribution in [-0.2, 0) is 17.8 Å². The average molecular weight is 246 g/mol. The third-order valence-electron chi connectivity index (χ3n) is 2.14. The van der Waals surface area contributed by atoms with E-state index < -0.39 is 24.5 Å². The van der Waals surface area contributed by atoms with Gasteiger partial charge in [0.05, 0.1) is 19.2 Å². The maximum atomic E-state index is 12.7. The molecule has 0 atom stereocenters. The van der Waals surface area contributed by atoms with Crippen molar-refractivity contribution >= 4 is 5.97 Å².